The van der Waals surface area contributed by atoms with E-state index < -0.39 is 0 Å². The van der Waals surface area contributed by atoms with Crippen LogP contribution in [-0.4, -0.2) is 19.5 Å². The van der Waals surface area contributed by atoms with Gasteiger partial charge >= 0.3 is 0 Å². The van der Waals surface area contributed by atoms with Crippen molar-refractivity contribution in [3.05, 3.63) is 181 Å². The number of nitrogens with zero attached hydrogens (tertiary/aromatic N) is 7. The molecule has 3 heterocycles. The third-order valence-electron chi connectivity index (χ3n) is 9.87. The van der Waals surface area contributed by atoms with Crippen molar-refractivity contribution in [1.82, 2.24) is 19.5 Å². The topological polar surface area (TPSA) is 84.2 Å². The molecule has 7 aromatic carbocycles. The van der Waals surface area contributed by atoms with Gasteiger partial charge in [0.2, 0.25) is 0 Å². The van der Waals surface area contributed by atoms with Crippen LogP contribution in [0.2, 0.25) is 0 Å². The third-order valence-corrected chi connectivity index (χ3v) is 9.87. The van der Waals surface area contributed by atoms with E-state index in [1.54, 1.807) is 12.1 Å². The van der Waals surface area contributed by atoms with Gasteiger partial charge in [-0.1, -0.05) is 109 Å². The van der Waals surface area contributed by atoms with Gasteiger partial charge in [0, 0.05) is 39.2 Å². The SMILES string of the molecule is [C-]#[N+]c1cc(-n2c3ccccc3c3cc4c(cc32)Oc2ccccc2N4c2ccccc2)c(C#N)cc1-c1nc(-c2ccccc2)nc(-c2ccccc2)n1. The van der Waals surface area contributed by atoms with E-state index in [-0.39, 0.29) is 0 Å². The van der Waals surface area contributed by atoms with Crippen LogP contribution in [0.3, 0.4) is 0 Å². The summed E-state index contributed by atoms with van der Waals surface area (Å²) in [6, 6.07) is 55.9. The lowest BCUT2D eigenvalue weighted by Crippen LogP contribution is -2.15. The molecule has 2 aromatic heterocycles. The molecule has 0 radical (unpaired) electrons. The molecule has 0 fully saturated rings. The number of nitriles is 1. The zero-order chi connectivity index (χ0) is 36.9. The first-order valence-electron chi connectivity index (χ1n) is 17.7. The fourth-order valence-corrected chi connectivity index (χ4v) is 7.38. The fourth-order valence-electron chi connectivity index (χ4n) is 7.38. The van der Waals surface area contributed by atoms with Gasteiger partial charge < -0.3 is 14.2 Å². The minimum atomic E-state index is 0.308. The number of anilines is 3. The molecule has 0 saturated carbocycles. The van der Waals surface area contributed by atoms with Crippen molar-refractivity contribution < 1.29 is 4.74 Å². The van der Waals surface area contributed by atoms with E-state index in [1.165, 1.54) is 0 Å². The van der Waals surface area contributed by atoms with E-state index in [0.29, 0.717) is 45.7 Å². The number of ether oxygens (including phenoxy) is 1. The van der Waals surface area contributed by atoms with Crippen molar-refractivity contribution in [2.45, 2.75) is 0 Å². The van der Waals surface area contributed by atoms with Crippen LogP contribution in [0.1, 0.15) is 5.56 Å². The van der Waals surface area contributed by atoms with Crippen LogP contribution >= 0.6 is 0 Å². The highest BCUT2D eigenvalue weighted by atomic mass is 16.5. The molecule has 0 bridgehead atoms. The molecule has 8 heteroatoms. The van der Waals surface area contributed by atoms with Gasteiger partial charge in [0.15, 0.2) is 34.7 Å². The second-order valence-corrected chi connectivity index (χ2v) is 13.1. The van der Waals surface area contributed by atoms with Crippen molar-refractivity contribution in [3.63, 3.8) is 0 Å². The van der Waals surface area contributed by atoms with Crippen molar-refractivity contribution in [3.8, 4) is 57.4 Å². The molecular weight excluding hydrogens is 679 g/mol. The van der Waals surface area contributed by atoms with E-state index in [9.17, 15) is 5.26 Å². The molecule has 0 amide bonds. The number of hydrogen-bond donors (Lipinski definition) is 0. The highest BCUT2D eigenvalue weighted by Gasteiger charge is 2.28. The maximum Gasteiger partial charge on any atom is 0.200 e. The molecule has 0 N–H and O–H groups in total. The number of fused-ring (bicyclic) bond motifs is 5. The molecule has 1 aliphatic rings. The quantitative estimate of drug-likeness (QED) is 0.166. The first-order chi connectivity index (χ1) is 27.2. The molecule has 0 unspecified atom stereocenters. The van der Waals surface area contributed by atoms with Gasteiger partial charge in [0.05, 0.1) is 40.2 Å². The summed E-state index contributed by atoms with van der Waals surface area (Å²) in [4.78, 5) is 20.8. The normalized spacial score (nSPS) is 11.7. The van der Waals surface area contributed by atoms with E-state index in [2.05, 4.69) is 50.7 Å². The van der Waals surface area contributed by atoms with Crippen molar-refractivity contribution in [2.75, 3.05) is 4.90 Å². The molecule has 0 atom stereocenters. The minimum Gasteiger partial charge on any atom is -0.453 e. The van der Waals surface area contributed by atoms with Gasteiger partial charge in [-0.25, -0.2) is 19.8 Å². The largest absolute Gasteiger partial charge is 0.453 e. The number of para-hydroxylation sites is 4. The van der Waals surface area contributed by atoms with Crippen molar-refractivity contribution in [1.29, 1.82) is 5.26 Å². The summed E-state index contributed by atoms with van der Waals surface area (Å²) < 4.78 is 8.66. The predicted molar refractivity (Wildman–Crippen MR) is 216 cm³/mol. The molecule has 256 valence electrons. The second kappa shape index (κ2) is 12.9. The first kappa shape index (κ1) is 31.6. The molecule has 10 rings (SSSR count). The summed E-state index contributed by atoms with van der Waals surface area (Å²) in [5.41, 5.74) is 7.90. The smallest absolute Gasteiger partial charge is 0.200 e. The molecule has 0 spiro atoms. The summed E-state index contributed by atoms with van der Waals surface area (Å²) >= 11 is 0. The molecule has 8 nitrogen and oxygen atoms in total. The van der Waals surface area contributed by atoms with Gasteiger partial charge in [-0.05, 0) is 48.5 Å². The van der Waals surface area contributed by atoms with Gasteiger partial charge in [-0.2, -0.15) is 5.26 Å². The number of rotatable bonds is 5. The molecule has 1 aliphatic heterocycles. The maximum absolute atomic E-state index is 10.8. The average Bonchev–Trinajstić information content (AvgIpc) is 3.57. The zero-order valence-electron chi connectivity index (χ0n) is 29.1. The first-order valence-corrected chi connectivity index (χ1v) is 17.7. The maximum atomic E-state index is 10.8. The third kappa shape index (κ3) is 5.25. The van der Waals surface area contributed by atoms with Crippen LogP contribution in [0.5, 0.6) is 11.5 Å². The molecule has 0 aliphatic carbocycles. The highest BCUT2D eigenvalue weighted by molar-refractivity contribution is 6.12. The number of aromatic nitrogens is 4. The van der Waals surface area contributed by atoms with E-state index in [1.807, 2.05) is 121 Å². The Balaban J connectivity index is 1.20. The monoisotopic (exact) mass is 705 g/mol. The fraction of sp³-hybridized carbons (Fsp3) is 0. The minimum absolute atomic E-state index is 0.308. The van der Waals surface area contributed by atoms with Crippen LogP contribution in [0, 0.1) is 17.9 Å². The molecule has 55 heavy (non-hydrogen) atoms. The van der Waals surface area contributed by atoms with Crippen LogP contribution in [0.15, 0.2) is 164 Å². The van der Waals surface area contributed by atoms with Gasteiger partial charge in [0.25, 0.3) is 0 Å². The standard InChI is InChI=1S/C47H27N7O/c1-49-37-27-40(32(29-48)25-36(37)47-51-45(30-15-5-2-6-16-30)50-46(52-47)31-17-7-3-8-18-31)54-38-22-12-11-21-34(38)35-26-42-44(28-41(35)54)55-43-24-14-13-23-39(43)53(42)33-19-9-4-10-20-33/h2-28H. The summed E-state index contributed by atoms with van der Waals surface area (Å²) in [5, 5.41) is 12.8. The number of hydrogen-bond acceptors (Lipinski definition) is 6. The zero-order valence-corrected chi connectivity index (χ0v) is 29.1. The van der Waals surface area contributed by atoms with Crippen molar-refractivity contribution >= 4 is 44.6 Å². The summed E-state index contributed by atoms with van der Waals surface area (Å²) in [7, 11) is 0. The van der Waals surface area contributed by atoms with Crippen LogP contribution in [0.4, 0.5) is 22.7 Å². The lowest BCUT2D eigenvalue weighted by molar-refractivity contribution is 0.477. The summed E-state index contributed by atoms with van der Waals surface area (Å²) in [6.45, 7) is 8.38. The Labute approximate surface area is 316 Å². The Bertz CT molecular complexity index is 2980. The summed E-state index contributed by atoms with van der Waals surface area (Å²) in [5.74, 6) is 2.67. The predicted octanol–water partition coefficient (Wildman–Crippen LogP) is 12.0. The van der Waals surface area contributed by atoms with Crippen LogP contribution in [-0.2, 0) is 0 Å². The van der Waals surface area contributed by atoms with E-state index >= 15 is 0 Å². The lowest BCUT2D eigenvalue weighted by Gasteiger charge is -2.33. The van der Waals surface area contributed by atoms with Crippen molar-refractivity contribution in [2.24, 2.45) is 0 Å². The van der Waals surface area contributed by atoms with Crippen LogP contribution < -0.4 is 9.64 Å². The summed E-state index contributed by atoms with van der Waals surface area (Å²) in [6.07, 6.45) is 0. The Morgan fingerprint density at radius 2 is 1.16 bits per heavy atom. The Kier molecular flexibility index (Phi) is 7.40. The molecular formula is C47H27N7O. The van der Waals surface area contributed by atoms with Crippen LogP contribution in [0.25, 0.3) is 66.5 Å². The van der Waals surface area contributed by atoms with Gasteiger partial charge in [-0.15, -0.1) is 0 Å². The van der Waals surface area contributed by atoms with Gasteiger partial charge in [-0.3, -0.25) is 0 Å². The van der Waals surface area contributed by atoms with Gasteiger partial charge in [0.1, 0.15) is 6.07 Å². The molecule has 9 aromatic rings. The highest BCUT2D eigenvalue weighted by Crippen LogP contribution is 2.52. The Morgan fingerprint density at radius 1 is 0.545 bits per heavy atom. The second-order valence-electron chi connectivity index (χ2n) is 13.1. The Morgan fingerprint density at radius 3 is 1.85 bits per heavy atom. The lowest BCUT2D eigenvalue weighted by atomic mass is 10.0. The number of benzene rings is 7. The van der Waals surface area contributed by atoms with E-state index in [0.717, 1.165) is 55.7 Å². The Hall–Kier alpha value is -8.07. The molecule has 0 saturated heterocycles. The average molecular weight is 706 g/mol. The van der Waals surface area contributed by atoms with E-state index in [4.69, 9.17) is 26.3 Å².